The largest absolute Gasteiger partial charge is 0.343 e. The van der Waals surface area contributed by atoms with Crippen molar-refractivity contribution in [2.75, 3.05) is 0 Å². The molecule has 0 radical (unpaired) electrons. The summed E-state index contributed by atoms with van der Waals surface area (Å²) in [6, 6.07) is 27.5. The van der Waals surface area contributed by atoms with E-state index in [0.29, 0.717) is 0 Å². The van der Waals surface area contributed by atoms with Crippen LogP contribution in [0.25, 0.3) is 33.1 Å². The van der Waals surface area contributed by atoms with Crippen molar-refractivity contribution in [3.05, 3.63) is 90.5 Å². The Bertz CT molecular complexity index is 1440. The summed E-state index contributed by atoms with van der Waals surface area (Å²) in [7, 11) is 6.24. The minimum absolute atomic E-state index is 0.917. The first kappa shape index (κ1) is 17.4. The molecule has 0 spiro atoms. The molecule has 0 aliphatic heterocycles. The standard InChI is InChI=1S/C25H23N4/c1-27-17-7-6-15-23(27)26-24-16-9-14-22(28(24)2)20-12-8-11-19-18-10-4-5-13-21(18)29(3)25(19)20/h4-17H,1-3H3/q+1. The number of fused-ring (bicyclic) bond motifs is 3. The van der Waals surface area contributed by atoms with Gasteiger partial charge in [0, 0.05) is 48.1 Å². The highest BCUT2D eigenvalue weighted by Gasteiger charge is 2.15. The highest BCUT2D eigenvalue weighted by Crippen LogP contribution is 2.34. The van der Waals surface area contributed by atoms with Crippen LogP contribution in [0.4, 0.5) is 5.82 Å². The molecule has 4 nitrogen and oxygen atoms in total. The van der Waals surface area contributed by atoms with Gasteiger partial charge in [-0.05, 0) is 23.2 Å². The normalized spacial score (nSPS) is 12.2. The van der Waals surface area contributed by atoms with E-state index < -0.39 is 0 Å². The molecule has 0 unspecified atom stereocenters. The van der Waals surface area contributed by atoms with Gasteiger partial charge in [-0.3, -0.25) is 0 Å². The van der Waals surface area contributed by atoms with Crippen LogP contribution < -0.4 is 10.1 Å². The summed E-state index contributed by atoms with van der Waals surface area (Å²) >= 11 is 0. The minimum Gasteiger partial charge on any atom is -0.343 e. The second-order valence-corrected chi connectivity index (χ2v) is 7.39. The molecule has 5 aromatic rings. The van der Waals surface area contributed by atoms with Crippen molar-refractivity contribution < 1.29 is 4.57 Å². The third-order valence-electron chi connectivity index (χ3n) is 5.66. The Labute approximate surface area is 169 Å². The van der Waals surface area contributed by atoms with Crippen LogP contribution in [0.2, 0.25) is 0 Å². The van der Waals surface area contributed by atoms with E-state index in [1.165, 1.54) is 27.4 Å². The van der Waals surface area contributed by atoms with E-state index in [1.807, 2.05) is 36.0 Å². The molecule has 0 atom stereocenters. The lowest BCUT2D eigenvalue weighted by Gasteiger charge is -2.11. The molecule has 3 heterocycles. The molecule has 0 aliphatic carbocycles. The van der Waals surface area contributed by atoms with Gasteiger partial charge >= 0.3 is 5.82 Å². The molecule has 0 bridgehead atoms. The summed E-state index contributed by atoms with van der Waals surface area (Å²) in [5.41, 5.74) is 5.75. The Hall–Kier alpha value is -3.66. The molecule has 3 aromatic heterocycles. The van der Waals surface area contributed by atoms with Crippen molar-refractivity contribution >= 4 is 27.6 Å². The summed E-state index contributed by atoms with van der Waals surface area (Å²) in [5.74, 6) is 0.920. The summed E-state index contributed by atoms with van der Waals surface area (Å²) in [6.45, 7) is 0. The van der Waals surface area contributed by atoms with Crippen molar-refractivity contribution in [2.45, 2.75) is 0 Å². The number of para-hydroxylation sites is 2. The molecule has 0 saturated heterocycles. The van der Waals surface area contributed by atoms with Gasteiger partial charge in [-0.15, -0.1) is 0 Å². The molecular formula is C25H23N4+. The van der Waals surface area contributed by atoms with Gasteiger partial charge in [-0.1, -0.05) is 48.5 Å². The van der Waals surface area contributed by atoms with E-state index in [9.17, 15) is 0 Å². The van der Waals surface area contributed by atoms with Crippen LogP contribution >= 0.6 is 0 Å². The molecule has 0 amide bonds. The molecular weight excluding hydrogens is 356 g/mol. The van der Waals surface area contributed by atoms with E-state index in [-0.39, 0.29) is 0 Å². The number of hydrogen-bond acceptors (Lipinski definition) is 1. The Morgan fingerprint density at radius 1 is 0.724 bits per heavy atom. The van der Waals surface area contributed by atoms with Crippen molar-refractivity contribution in [3.63, 3.8) is 0 Å². The number of aromatic nitrogens is 3. The van der Waals surface area contributed by atoms with Gasteiger partial charge < -0.3 is 9.13 Å². The average molecular weight is 379 g/mol. The fourth-order valence-corrected chi connectivity index (χ4v) is 4.15. The lowest BCUT2D eigenvalue weighted by molar-refractivity contribution is -0.658. The van der Waals surface area contributed by atoms with E-state index in [1.54, 1.807) is 0 Å². The zero-order chi connectivity index (χ0) is 20.0. The Morgan fingerprint density at radius 3 is 2.34 bits per heavy atom. The molecule has 4 heteroatoms. The van der Waals surface area contributed by atoms with Crippen LogP contribution in [-0.4, -0.2) is 9.13 Å². The molecule has 2 aromatic carbocycles. The highest BCUT2D eigenvalue weighted by atomic mass is 15.1. The third kappa shape index (κ3) is 2.76. The average Bonchev–Trinajstić information content (AvgIpc) is 3.04. The first-order valence-corrected chi connectivity index (χ1v) is 9.77. The SMILES string of the molecule is Cn1c(-c2cccc3c4ccccc4n(C)c23)ccc/c1=N/c1cccc[n+]1C. The summed E-state index contributed by atoms with van der Waals surface area (Å²) in [4.78, 5) is 4.89. The Kier molecular flexibility index (Phi) is 4.06. The van der Waals surface area contributed by atoms with Gasteiger partial charge in [0.1, 0.15) is 0 Å². The predicted octanol–water partition coefficient (Wildman–Crippen LogP) is 4.39. The number of pyridine rings is 2. The van der Waals surface area contributed by atoms with Gasteiger partial charge in [0.15, 0.2) is 0 Å². The number of benzene rings is 2. The first-order valence-electron chi connectivity index (χ1n) is 9.77. The van der Waals surface area contributed by atoms with Crippen LogP contribution in [0.3, 0.4) is 0 Å². The fourth-order valence-electron chi connectivity index (χ4n) is 4.15. The maximum absolute atomic E-state index is 4.89. The second-order valence-electron chi connectivity index (χ2n) is 7.39. The van der Waals surface area contributed by atoms with E-state index in [2.05, 4.69) is 83.9 Å². The van der Waals surface area contributed by atoms with Crippen LogP contribution in [0, 0.1) is 0 Å². The highest BCUT2D eigenvalue weighted by molar-refractivity contribution is 6.12. The lowest BCUT2D eigenvalue weighted by Crippen LogP contribution is -2.29. The summed E-state index contributed by atoms with van der Waals surface area (Å²) in [5, 5.41) is 2.56. The molecule has 0 N–H and O–H groups in total. The van der Waals surface area contributed by atoms with Gasteiger partial charge in [0.05, 0.1) is 24.5 Å². The second kappa shape index (κ2) is 6.74. The number of aryl methyl sites for hydroxylation is 2. The quantitative estimate of drug-likeness (QED) is 0.407. The van der Waals surface area contributed by atoms with Crippen LogP contribution in [-0.2, 0) is 21.1 Å². The van der Waals surface area contributed by atoms with Crippen LogP contribution in [0.15, 0.2) is 90.1 Å². The predicted molar refractivity (Wildman–Crippen MR) is 118 cm³/mol. The van der Waals surface area contributed by atoms with Crippen molar-refractivity contribution in [1.82, 2.24) is 9.13 Å². The molecule has 142 valence electrons. The van der Waals surface area contributed by atoms with E-state index in [0.717, 1.165) is 17.0 Å². The minimum atomic E-state index is 0.917. The number of rotatable bonds is 2. The molecule has 0 fully saturated rings. The zero-order valence-corrected chi connectivity index (χ0v) is 16.9. The zero-order valence-electron chi connectivity index (χ0n) is 16.9. The fraction of sp³-hybridized carbons (Fsp3) is 0.120. The van der Waals surface area contributed by atoms with Gasteiger partial charge in [0.2, 0.25) is 5.49 Å². The van der Waals surface area contributed by atoms with Crippen molar-refractivity contribution in [2.24, 2.45) is 26.1 Å². The topological polar surface area (TPSA) is 26.1 Å². The lowest BCUT2D eigenvalue weighted by atomic mass is 10.1. The molecule has 5 rings (SSSR count). The third-order valence-corrected chi connectivity index (χ3v) is 5.66. The molecule has 0 aliphatic rings. The van der Waals surface area contributed by atoms with E-state index in [4.69, 9.17) is 4.99 Å². The Balaban J connectivity index is 1.80. The monoisotopic (exact) mass is 379 g/mol. The maximum Gasteiger partial charge on any atom is 0.325 e. The summed E-state index contributed by atoms with van der Waals surface area (Å²) < 4.78 is 6.48. The summed E-state index contributed by atoms with van der Waals surface area (Å²) in [6.07, 6.45) is 2.01. The van der Waals surface area contributed by atoms with Crippen molar-refractivity contribution in [1.29, 1.82) is 0 Å². The van der Waals surface area contributed by atoms with Crippen LogP contribution in [0.1, 0.15) is 0 Å². The smallest absolute Gasteiger partial charge is 0.325 e. The van der Waals surface area contributed by atoms with E-state index >= 15 is 0 Å². The van der Waals surface area contributed by atoms with Crippen molar-refractivity contribution in [3.8, 4) is 11.3 Å². The maximum atomic E-state index is 4.89. The molecule has 29 heavy (non-hydrogen) atoms. The van der Waals surface area contributed by atoms with Gasteiger partial charge in [-0.25, -0.2) is 4.57 Å². The number of hydrogen-bond donors (Lipinski definition) is 0. The molecule has 0 saturated carbocycles. The Morgan fingerprint density at radius 2 is 1.48 bits per heavy atom. The van der Waals surface area contributed by atoms with Gasteiger partial charge in [0.25, 0.3) is 0 Å². The number of nitrogens with zero attached hydrogens (tertiary/aromatic N) is 4. The van der Waals surface area contributed by atoms with Gasteiger partial charge in [-0.2, -0.15) is 0 Å². The van der Waals surface area contributed by atoms with Crippen LogP contribution in [0.5, 0.6) is 0 Å². The first-order chi connectivity index (χ1) is 14.1.